The first kappa shape index (κ1) is 16.3. The molecule has 1 aromatic heterocycles. The Kier molecular flexibility index (Phi) is 5.63. The summed E-state index contributed by atoms with van der Waals surface area (Å²) < 4.78 is 6.01. The SMILES string of the molecule is CCNCc1cc(OCC2CCCC2)nc(C(C)(C)C)c1. The van der Waals surface area contributed by atoms with E-state index in [0.29, 0.717) is 0 Å². The Hall–Kier alpha value is -1.09. The second kappa shape index (κ2) is 7.26. The molecule has 0 spiro atoms. The van der Waals surface area contributed by atoms with Crippen LogP contribution >= 0.6 is 0 Å². The zero-order valence-corrected chi connectivity index (χ0v) is 14.0. The minimum atomic E-state index is 0.0493. The molecule has 1 aliphatic rings. The van der Waals surface area contributed by atoms with Gasteiger partial charge in [0, 0.05) is 18.0 Å². The van der Waals surface area contributed by atoms with Crippen molar-refractivity contribution in [1.29, 1.82) is 0 Å². The summed E-state index contributed by atoms with van der Waals surface area (Å²) in [6, 6.07) is 4.29. The van der Waals surface area contributed by atoms with Gasteiger partial charge < -0.3 is 10.1 Å². The van der Waals surface area contributed by atoms with Crippen molar-refractivity contribution < 1.29 is 4.74 Å². The summed E-state index contributed by atoms with van der Waals surface area (Å²) in [7, 11) is 0. The first-order valence-electron chi connectivity index (χ1n) is 8.34. The molecule has 0 saturated heterocycles. The van der Waals surface area contributed by atoms with Crippen LogP contribution in [0, 0.1) is 5.92 Å². The maximum atomic E-state index is 6.01. The van der Waals surface area contributed by atoms with Crippen LogP contribution in [0.2, 0.25) is 0 Å². The molecular weight excluding hydrogens is 260 g/mol. The summed E-state index contributed by atoms with van der Waals surface area (Å²) in [5.74, 6) is 1.52. The number of aromatic nitrogens is 1. The zero-order valence-electron chi connectivity index (χ0n) is 14.0. The third-order valence-corrected chi connectivity index (χ3v) is 4.15. The first-order valence-corrected chi connectivity index (χ1v) is 8.34. The van der Waals surface area contributed by atoms with E-state index in [-0.39, 0.29) is 5.41 Å². The molecule has 0 aromatic carbocycles. The monoisotopic (exact) mass is 290 g/mol. The molecular formula is C18H30N2O. The number of hydrogen-bond donors (Lipinski definition) is 1. The Morgan fingerprint density at radius 1 is 1.24 bits per heavy atom. The summed E-state index contributed by atoms with van der Waals surface area (Å²) in [5.41, 5.74) is 2.42. The van der Waals surface area contributed by atoms with E-state index >= 15 is 0 Å². The van der Waals surface area contributed by atoms with E-state index in [9.17, 15) is 0 Å². The molecule has 3 heteroatoms. The van der Waals surface area contributed by atoms with Crippen molar-refractivity contribution in [1.82, 2.24) is 10.3 Å². The lowest BCUT2D eigenvalue weighted by molar-refractivity contribution is 0.242. The lowest BCUT2D eigenvalue weighted by atomic mass is 9.91. The highest BCUT2D eigenvalue weighted by molar-refractivity contribution is 5.28. The Morgan fingerprint density at radius 3 is 2.57 bits per heavy atom. The molecule has 0 unspecified atom stereocenters. The van der Waals surface area contributed by atoms with E-state index in [1.165, 1.54) is 31.2 Å². The second-order valence-electron chi connectivity index (χ2n) is 7.19. The third-order valence-electron chi connectivity index (χ3n) is 4.15. The van der Waals surface area contributed by atoms with Crippen molar-refractivity contribution in [2.45, 2.75) is 65.3 Å². The summed E-state index contributed by atoms with van der Waals surface area (Å²) >= 11 is 0. The molecule has 1 aromatic rings. The molecule has 1 heterocycles. The van der Waals surface area contributed by atoms with Crippen LogP contribution in [0.1, 0.15) is 64.6 Å². The van der Waals surface area contributed by atoms with E-state index in [0.717, 1.165) is 37.2 Å². The minimum Gasteiger partial charge on any atom is -0.477 e. The van der Waals surface area contributed by atoms with E-state index in [4.69, 9.17) is 9.72 Å². The molecule has 0 radical (unpaired) electrons. The predicted molar refractivity (Wildman–Crippen MR) is 87.8 cm³/mol. The van der Waals surface area contributed by atoms with Gasteiger partial charge in [0.2, 0.25) is 5.88 Å². The van der Waals surface area contributed by atoms with Crippen molar-refractivity contribution in [2.24, 2.45) is 5.92 Å². The van der Waals surface area contributed by atoms with Gasteiger partial charge in [0.1, 0.15) is 0 Å². The molecule has 1 aliphatic carbocycles. The van der Waals surface area contributed by atoms with E-state index in [2.05, 4.69) is 45.1 Å². The predicted octanol–water partition coefficient (Wildman–Crippen LogP) is 4.06. The highest BCUT2D eigenvalue weighted by Gasteiger charge is 2.19. The topological polar surface area (TPSA) is 34.1 Å². The third kappa shape index (κ3) is 4.99. The molecule has 1 saturated carbocycles. The van der Waals surface area contributed by atoms with Crippen LogP contribution in [-0.2, 0) is 12.0 Å². The van der Waals surface area contributed by atoms with Crippen LogP contribution in [0.5, 0.6) is 5.88 Å². The van der Waals surface area contributed by atoms with Crippen LogP contribution in [0.3, 0.4) is 0 Å². The molecule has 0 amide bonds. The van der Waals surface area contributed by atoms with Crippen molar-refractivity contribution in [3.8, 4) is 5.88 Å². The van der Waals surface area contributed by atoms with Gasteiger partial charge in [0.15, 0.2) is 0 Å². The Bertz CT molecular complexity index is 445. The number of nitrogens with zero attached hydrogens (tertiary/aromatic N) is 1. The fraction of sp³-hybridized carbons (Fsp3) is 0.722. The average molecular weight is 290 g/mol. The van der Waals surface area contributed by atoms with Gasteiger partial charge in [0.05, 0.1) is 12.3 Å². The van der Waals surface area contributed by atoms with Crippen molar-refractivity contribution >= 4 is 0 Å². The summed E-state index contributed by atoms with van der Waals surface area (Å²) in [4.78, 5) is 4.72. The van der Waals surface area contributed by atoms with Gasteiger partial charge in [-0.25, -0.2) is 4.98 Å². The lowest BCUT2D eigenvalue weighted by Crippen LogP contribution is -2.18. The summed E-state index contributed by atoms with van der Waals surface area (Å²) in [5, 5.41) is 3.38. The van der Waals surface area contributed by atoms with Crippen LogP contribution in [0.25, 0.3) is 0 Å². The van der Waals surface area contributed by atoms with Gasteiger partial charge in [-0.1, -0.05) is 40.5 Å². The van der Waals surface area contributed by atoms with Crippen LogP contribution in [-0.4, -0.2) is 18.1 Å². The highest BCUT2D eigenvalue weighted by Crippen LogP contribution is 2.27. The smallest absolute Gasteiger partial charge is 0.213 e. The van der Waals surface area contributed by atoms with Gasteiger partial charge in [-0.05, 0) is 36.9 Å². The van der Waals surface area contributed by atoms with E-state index in [1.807, 2.05) is 0 Å². The molecule has 0 atom stereocenters. The highest BCUT2D eigenvalue weighted by atomic mass is 16.5. The Balaban J connectivity index is 2.09. The molecule has 21 heavy (non-hydrogen) atoms. The largest absolute Gasteiger partial charge is 0.477 e. The molecule has 1 fully saturated rings. The maximum Gasteiger partial charge on any atom is 0.213 e. The number of hydrogen-bond acceptors (Lipinski definition) is 3. The lowest BCUT2D eigenvalue weighted by Gasteiger charge is -2.20. The quantitative estimate of drug-likeness (QED) is 0.858. The summed E-state index contributed by atoms with van der Waals surface area (Å²) in [6.07, 6.45) is 5.33. The van der Waals surface area contributed by atoms with E-state index < -0.39 is 0 Å². The van der Waals surface area contributed by atoms with Crippen molar-refractivity contribution in [2.75, 3.05) is 13.2 Å². The molecule has 1 N–H and O–H groups in total. The van der Waals surface area contributed by atoms with Gasteiger partial charge >= 0.3 is 0 Å². The number of nitrogens with one attached hydrogen (secondary N) is 1. The maximum absolute atomic E-state index is 6.01. The average Bonchev–Trinajstić information content (AvgIpc) is 2.95. The zero-order chi connectivity index (χ0) is 15.3. The Morgan fingerprint density at radius 2 is 1.95 bits per heavy atom. The number of rotatable bonds is 6. The van der Waals surface area contributed by atoms with Crippen LogP contribution in [0.4, 0.5) is 0 Å². The number of ether oxygens (including phenoxy) is 1. The van der Waals surface area contributed by atoms with Gasteiger partial charge in [-0.2, -0.15) is 0 Å². The normalized spacial score (nSPS) is 16.4. The van der Waals surface area contributed by atoms with Gasteiger partial charge in [-0.3, -0.25) is 0 Å². The molecule has 0 bridgehead atoms. The minimum absolute atomic E-state index is 0.0493. The standard InChI is InChI=1S/C18H30N2O/c1-5-19-12-15-10-16(18(2,3)4)20-17(11-15)21-13-14-8-6-7-9-14/h10-11,14,19H,5-9,12-13H2,1-4H3. The molecule has 3 nitrogen and oxygen atoms in total. The first-order chi connectivity index (χ1) is 9.99. The fourth-order valence-electron chi connectivity index (χ4n) is 2.77. The van der Waals surface area contributed by atoms with Crippen molar-refractivity contribution in [3.05, 3.63) is 23.4 Å². The van der Waals surface area contributed by atoms with Gasteiger partial charge in [0.25, 0.3) is 0 Å². The van der Waals surface area contributed by atoms with Gasteiger partial charge in [-0.15, -0.1) is 0 Å². The molecule has 2 rings (SSSR count). The second-order valence-corrected chi connectivity index (χ2v) is 7.19. The van der Waals surface area contributed by atoms with Crippen molar-refractivity contribution in [3.63, 3.8) is 0 Å². The molecule has 0 aliphatic heterocycles. The Labute approximate surface area is 129 Å². The van der Waals surface area contributed by atoms with E-state index in [1.54, 1.807) is 0 Å². The van der Waals surface area contributed by atoms with Crippen LogP contribution < -0.4 is 10.1 Å². The van der Waals surface area contributed by atoms with Crippen LogP contribution in [0.15, 0.2) is 12.1 Å². The fourth-order valence-corrected chi connectivity index (χ4v) is 2.77. The number of pyridine rings is 1. The summed E-state index contributed by atoms with van der Waals surface area (Å²) in [6.45, 7) is 11.4. The molecule has 118 valence electrons.